The van der Waals surface area contributed by atoms with Crippen molar-refractivity contribution in [3.63, 3.8) is 0 Å². The highest BCUT2D eigenvalue weighted by atomic mass is 16.6. The van der Waals surface area contributed by atoms with Gasteiger partial charge in [-0.15, -0.1) is 0 Å². The Bertz CT molecular complexity index is 794. The normalized spacial score (nSPS) is 14.1. The summed E-state index contributed by atoms with van der Waals surface area (Å²) in [4.78, 5) is 31.8. The third kappa shape index (κ3) is 4.82. The summed E-state index contributed by atoms with van der Waals surface area (Å²) in [5.74, 6) is 2.00. The predicted octanol–water partition coefficient (Wildman–Crippen LogP) is 2.58. The van der Waals surface area contributed by atoms with Crippen molar-refractivity contribution in [1.82, 2.24) is 14.8 Å². The molecule has 150 valence electrons. The van der Waals surface area contributed by atoms with Gasteiger partial charge in [-0.3, -0.25) is 4.79 Å². The Morgan fingerprint density at radius 3 is 2.43 bits per heavy atom. The molecule has 0 unspecified atom stereocenters. The van der Waals surface area contributed by atoms with Gasteiger partial charge in [0.05, 0.1) is 19.9 Å². The maximum atomic E-state index is 12.4. The van der Waals surface area contributed by atoms with Gasteiger partial charge >= 0.3 is 6.09 Å². The van der Waals surface area contributed by atoms with E-state index in [0.29, 0.717) is 57.3 Å². The van der Waals surface area contributed by atoms with Gasteiger partial charge in [0, 0.05) is 44.6 Å². The molecule has 1 aromatic heterocycles. The number of ether oxygens (including phenoxy) is 2. The zero-order valence-electron chi connectivity index (χ0n) is 16.2. The Kier molecular flexibility index (Phi) is 6.52. The molecule has 2 heterocycles. The SMILES string of the molecule is CCOC(=O)N1CCN(C(=O)CCc2ncc(-c3ccc(OC)cc3)o2)CC1. The van der Waals surface area contributed by atoms with Crippen LogP contribution in [0.5, 0.6) is 5.75 Å². The third-order valence-corrected chi connectivity index (χ3v) is 4.64. The minimum Gasteiger partial charge on any atom is -0.497 e. The fraction of sp³-hybridized carbons (Fsp3) is 0.450. The number of piperazine rings is 1. The van der Waals surface area contributed by atoms with Crippen molar-refractivity contribution < 1.29 is 23.5 Å². The lowest BCUT2D eigenvalue weighted by atomic mass is 10.2. The fourth-order valence-corrected chi connectivity index (χ4v) is 3.04. The number of benzene rings is 1. The van der Waals surface area contributed by atoms with E-state index in [1.54, 1.807) is 30.0 Å². The summed E-state index contributed by atoms with van der Waals surface area (Å²) in [7, 11) is 1.62. The molecule has 0 radical (unpaired) electrons. The maximum absolute atomic E-state index is 12.4. The highest BCUT2D eigenvalue weighted by molar-refractivity contribution is 5.77. The van der Waals surface area contributed by atoms with Gasteiger partial charge in [0.1, 0.15) is 5.75 Å². The number of carbonyl (C=O) groups is 2. The molecule has 1 saturated heterocycles. The molecule has 0 aliphatic carbocycles. The van der Waals surface area contributed by atoms with Crippen LogP contribution in [0.15, 0.2) is 34.9 Å². The smallest absolute Gasteiger partial charge is 0.409 e. The summed E-state index contributed by atoms with van der Waals surface area (Å²) < 4.78 is 15.9. The number of aryl methyl sites for hydroxylation is 1. The van der Waals surface area contributed by atoms with Crippen molar-refractivity contribution in [1.29, 1.82) is 0 Å². The molecule has 1 aromatic carbocycles. The molecule has 28 heavy (non-hydrogen) atoms. The Labute approximate surface area is 164 Å². The van der Waals surface area contributed by atoms with Crippen LogP contribution < -0.4 is 4.74 Å². The van der Waals surface area contributed by atoms with Crippen LogP contribution in [0.1, 0.15) is 19.2 Å². The molecule has 8 nitrogen and oxygen atoms in total. The molecule has 0 spiro atoms. The number of amides is 2. The molecule has 0 bridgehead atoms. The first-order valence-corrected chi connectivity index (χ1v) is 9.39. The van der Waals surface area contributed by atoms with Gasteiger partial charge in [-0.2, -0.15) is 0 Å². The molecule has 1 aliphatic rings. The Hall–Kier alpha value is -3.03. The number of carbonyl (C=O) groups excluding carboxylic acids is 2. The number of hydrogen-bond acceptors (Lipinski definition) is 6. The highest BCUT2D eigenvalue weighted by Gasteiger charge is 2.24. The summed E-state index contributed by atoms with van der Waals surface area (Å²) in [5.41, 5.74) is 0.904. The van der Waals surface area contributed by atoms with Crippen LogP contribution >= 0.6 is 0 Å². The minimum atomic E-state index is -0.319. The molecule has 1 aliphatic heterocycles. The van der Waals surface area contributed by atoms with Crippen molar-refractivity contribution in [3.8, 4) is 17.1 Å². The van der Waals surface area contributed by atoms with E-state index in [1.165, 1.54) is 0 Å². The van der Waals surface area contributed by atoms with Crippen LogP contribution in [0.3, 0.4) is 0 Å². The molecular weight excluding hydrogens is 362 g/mol. The van der Waals surface area contributed by atoms with E-state index in [4.69, 9.17) is 13.9 Å². The molecular formula is C20H25N3O5. The standard InChI is InChI=1S/C20H25N3O5/c1-3-27-20(25)23-12-10-22(11-13-23)19(24)9-8-18-21-14-17(28-18)15-4-6-16(26-2)7-5-15/h4-7,14H,3,8-13H2,1-2H3. The van der Waals surface area contributed by atoms with Crippen LogP contribution in [0.2, 0.25) is 0 Å². The average molecular weight is 387 g/mol. The Morgan fingerprint density at radius 2 is 1.79 bits per heavy atom. The number of aromatic nitrogens is 1. The molecule has 2 aromatic rings. The van der Waals surface area contributed by atoms with Gasteiger partial charge in [-0.05, 0) is 31.2 Å². The lowest BCUT2D eigenvalue weighted by Crippen LogP contribution is -2.50. The molecule has 8 heteroatoms. The fourth-order valence-electron chi connectivity index (χ4n) is 3.04. The van der Waals surface area contributed by atoms with E-state index < -0.39 is 0 Å². The Balaban J connectivity index is 1.47. The van der Waals surface area contributed by atoms with E-state index in [1.807, 2.05) is 24.3 Å². The largest absolute Gasteiger partial charge is 0.497 e. The summed E-state index contributed by atoms with van der Waals surface area (Å²) in [5, 5.41) is 0. The second-order valence-corrected chi connectivity index (χ2v) is 6.41. The molecule has 0 saturated carbocycles. The number of rotatable bonds is 6. The topological polar surface area (TPSA) is 85.1 Å². The van der Waals surface area contributed by atoms with E-state index >= 15 is 0 Å². The Morgan fingerprint density at radius 1 is 1.11 bits per heavy atom. The summed E-state index contributed by atoms with van der Waals surface area (Å²) in [6.07, 6.45) is 2.11. The van der Waals surface area contributed by atoms with Crippen molar-refractivity contribution >= 4 is 12.0 Å². The molecule has 1 fully saturated rings. The maximum Gasteiger partial charge on any atom is 0.409 e. The van der Waals surface area contributed by atoms with Crippen LogP contribution in [0, 0.1) is 0 Å². The van der Waals surface area contributed by atoms with E-state index in [0.717, 1.165) is 11.3 Å². The third-order valence-electron chi connectivity index (χ3n) is 4.64. The highest BCUT2D eigenvalue weighted by Crippen LogP contribution is 2.23. The zero-order chi connectivity index (χ0) is 19.9. The van der Waals surface area contributed by atoms with Gasteiger partial charge < -0.3 is 23.7 Å². The van der Waals surface area contributed by atoms with E-state index in [2.05, 4.69) is 4.98 Å². The van der Waals surface area contributed by atoms with Crippen LogP contribution in [0.4, 0.5) is 4.79 Å². The van der Waals surface area contributed by atoms with Gasteiger partial charge in [-0.1, -0.05) is 0 Å². The van der Waals surface area contributed by atoms with Crippen LogP contribution in [0.25, 0.3) is 11.3 Å². The van der Waals surface area contributed by atoms with Crippen molar-refractivity contribution in [2.45, 2.75) is 19.8 Å². The van der Waals surface area contributed by atoms with E-state index in [9.17, 15) is 9.59 Å². The van der Waals surface area contributed by atoms with Crippen LogP contribution in [-0.2, 0) is 16.0 Å². The van der Waals surface area contributed by atoms with Crippen LogP contribution in [-0.4, -0.2) is 66.7 Å². The van der Waals surface area contributed by atoms with E-state index in [-0.39, 0.29) is 12.0 Å². The molecule has 0 atom stereocenters. The second kappa shape index (κ2) is 9.25. The number of oxazole rings is 1. The second-order valence-electron chi connectivity index (χ2n) is 6.41. The van der Waals surface area contributed by atoms with Gasteiger partial charge in [0.2, 0.25) is 5.91 Å². The molecule has 2 amide bonds. The number of hydrogen-bond donors (Lipinski definition) is 0. The zero-order valence-corrected chi connectivity index (χ0v) is 16.2. The number of methoxy groups -OCH3 is 1. The summed E-state index contributed by atoms with van der Waals surface area (Å²) >= 11 is 0. The quantitative estimate of drug-likeness (QED) is 0.757. The average Bonchev–Trinajstić information content (AvgIpc) is 3.21. The first-order chi connectivity index (χ1) is 13.6. The summed E-state index contributed by atoms with van der Waals surface area (Å²) in [6, 6.07) is 7.52. The van der Waals surface area contributed by atoms with Gasteiger partial charge in [0.15, 0.2) is 11.7 Å². The lowest BCUT2D eigenvalue weighted by molar-refractivity contribution is -0.132. The lowest BCUT2D eigenvalue weighted by Gasteiger charge is -2.34. The molecule has 3 rings (SSSR count). The van der Waals surface area contributed by atoms with Gasteiger partial charge in [-0.25, -0.2) is 9.78 Å². The van der Waals surface area contributed by atoms with Gasteiger partial charge in [0.25, 0.3) is 0 Å². The number of nitrogens with zero attached hydrogens (tertiary/aromatic N) is 3. The van der Waals surface area contributed by atoms with Crippen molar-refractivity contribution in [2.75, 3.05) is 39.9 Å². The first kappa shape index (κ1) is 19.7. The molecule has 0 N–H and O–H groups in total. The summed E-state index contributed by atoms with van der Waals surface area (Å²) in [6.45, 7) is 4.14. The minimum absolute atomic E-state index is 0.0349. The van der Waals surface area contributed by atoms with Crippen molar-refractivity contribution in [3.05, 3.63) is 36.4 Å². The monoisotopic (exact) mass is 387 g/mol. The first-order valence-electron chi connectivity index (χ1n) is 9.39. The predicted molar refractivity (Wildman–Crippen MR) is 102 cm³/mol. The van der Waals surface area contributed by atoms with Crippen molar-refractivity contribution in [2.24, 2.45) is 0 Å².